The number of nitrogens with zero attached hydrogens (tertiary/aromatic N) is 7. The lowest BCUT2D eigenvalue weighted by Crippen LogP contribution is -2.55. The molecule has 0 unspecified atom stereocenters. The van der Waals surface area contributed by atoms with Crippen LogP contribution in [0.15, 0.2) is 78.1 Å². The van der Waals surface area contributed by atoms with Crippen molar-refractivity contribution in [2.24, 2.45) is 5.41 Å². The molecule has 12 rings (SSSR count). The Bertz CT molecular complexity index is 3290. The van der Waals surface area contributed by atoms with Crippen LogP contribution in [0.3, 0.4) is 0 Å². The molecular weight excluding hydrogens is 966 g/mol. The van der Waals surface area contributed by atoms with Crippen molar-refractivity contribution >= 4 is 72.2 Å². The van der Waals surface area contributed by atoms with E-state index in [-0.39, 0.29) is 65.5 Å². The molecule has 4 N–H and O–H groups in total. The number of nitro groups is 1. The lowest BCUT2D eigenvalue weighted by atomic mass is 9.59. The number of benzene rings is 3. The van der Waals surface area contributed by atoms with Gasteiger partial charge in [-0.3, -0.25) is 29.5 Å². The van der Waals surface area contributed by atoms with Crippen molar-refractivity contribution in [3.8, 4) is 5.88 Å². The molecule has 388 valence electrons. The van der Waals surface area contributed by atoms with Gasteiger partial charge in [-0.2, -0.15) is 4.98 Å². The molecule has 2 aliphatic carbocycles. The van der Waals surface area contributed by atoms with Gasteiger partial charge in [0, 0.05) is 87.0 Å². The molecule has 4 aliphatic heterocycles. The third-order valence-electron chi connectivity index (χ3n) is 17.2. The third-order valence-corrected chi connectivity index (χ3v) is 18.5. The number of aromatic nitrogens is 4. The van der Waals surface area contributed by atoms with Crippen LogP contribution in [0.25, 0.3) is 22.1 Å². The van der Waals surface area contributed by atoms with Gasteiger partial charge in [0.05, 0.1) is 34.6 Å². The largest absolute Gasteiger partial charge is 0.474 e. The van der Waals surface area contributed by atoms with E-state index in [0.717, 1.165) is 49.6 Å². The first-order valence-corrected chi connectivity index (χ1v) is 27.7. The Morgan fingerprint density at radius 1 is 0.959 bits per heavy atom. The second-order valence-electron chi connectivity index (χ2n) is 21.9. The van der Waals surface area contributed by atoms with E-state index in [2.05, 4.69) is 77.8 Å². The van der Waals surface area contributed by atoms with Crippen molar-refractivity contribution in [2.45, 2.75) is 113 Å². The number of sulfonamides is 1. The number of hydrogen-bond donors (Lipinski definition) is 4. The van der Waals surface area contributed by atoms with Crippen molar-refractivity contribution in [2.75, 3.05) is 67.5 Å². The van der Waals surface area contributed by atoms with E-state index in [9.17, 15) is 28.1 Å². The van der Waals surface area contributed by atoms with E-state index >= 15 is 4.39 Å². The summed E-state index contributed by atoms with van der Waals surface area (Å²) in [5.74, 6) is 0.0862. The zero-order chi connectivity index (χ0) is 51.1. The number of imidazole rings is 1. The number of rotatable bonds is 13. The Kier molecular flexibility index (Phi) is 12.2. The van der Waals surface area contributed by atoms with Gasteiger partial charge >= 0.3 is 0 Å². The molecule has 20 heteroatoms. The standard InChI is InChI=1S/C54H62FN11O7S/c1-33(2)39-6-3-4-7-40(39)42-8-5-17-64(42)37-29-53(30-37)12-18-62(19-13-53)35-9-10-41(43(27-35)65-22-23-73-52-45(65)24-34-11-16-56-50(34)60-52)51(68)61-74(71,72)46-28-44(66(69)70)47(49-48(46)58-32-59-49)57-31-54(55)14-20-63(21-15-54)36-25-38(67)26-36/h3-4,6-7,9-11,16,24,27-28,32-33,36-37,42,57H,5,8,12-15,17-23,25-26,29-31H2,1-2H3,(H,56,60)(H,58,59)(H,61,68)/t42-/m0/s1. The Hall–Kier alpha value is -6.64. The number of Topliss-reactive ketones (excluding diaryl/α,β-unsaturated/α-hetero) is 1. The zero-order valence-corrected chi connectivity index (χ0v) is 42.6. The number of piperidine rings is 2. The molecule has 3 aromatic heterocycles. The third kappa shape index (κ3) is 8.70. The second-order valence-corrected chi connectivity index (χ2v) is 23.5. The molecule has 1 atom stereocenters. The number of H-pyrrole nitrogens is 2. The number of pyridine rings is 1. The number of halogens is 1. The number of hydrogen-bond acceptors (Lipinski definition) is 14. The molecule has 3 saturated heterocycles. The second kappa shape index (κ2) is 18.6. The minimum atomic E-state index is -4.84. The maximum absolute atomic E-state index is 16.2. The highest BCUT2D eigenvalue weighted by Gasteiger charge is 2.50. The van der Waals surface area contributed by atoms with E-state index < -0.39 is 37.1 Å². The number of carbonyl (C=O) groups is 2. The summed E-state index contributed by atoms with van der Waals surface area (Å²) in [4.78, 5) is 61.7. The molecule has 1 amide bonds. The molecule has 5 fully saturated rings. The number of nitrogens with one attached hydrogen (secondary N) is 4. The van der Waals surface area contributed by atoms with Gasteiger partial charge in [0.25, 0.3) is 21.6 Å². The fourth-order valence-electron chi connectivity index (χ4n) is 13.0. The summed E-state index contributed by atoms with van der Waals surface area (Å²) < 4.78 is 53.5. The lowest BCUT2D eigenvalue weighted by Gasteiger charge is -2.56. The smallest absolute Gasteiger partial charge is 0.296 e. The van der Waals surface area contributed by atoms with Crippen LogP contribution in [-0.4, -0.2) is 125 Å². The molecule has 1 spiro atoms. The number of likely N-dealkylation sites (tertiary alicyclic amines) is 2. The van der Waals surface area contributed by atoms with Gasteiger partial charge in [-0.05, 0) is 111 Å². The number of anilines is 4. The van der Waals surface area contributed by atoms with E-state index in [4.69, 9.17) is 9.72 Å². The lowest BCUT2D eigenvalue weighted by molar-refractivity contribution is -0.384. The quantitative estimate of drug-likeness (QED) is 0.0630. The summed E-state index contributed by atoms with van der Waals surface area (Å²) in [6.07, 6.45) is 11.1. The molecule has 0 radical (unpaired) electrons. The van der Waals surface area contributed by atoms with Crippen LogP contribution in [0, 0.1) is 15.5 Å². The zero-order valence-electron chi connectivity index (χ0n) is 41.7. The summed E-state index contributed by atoms with van der Waals surface area (Å²) in [7, 11) is -4.84. The van der Waals surface area contributed by atoms with Crippen molar-refractivity contribution < 1.29 is 32.1 Å². The molecule has 3 aromatic carbocycles. The van der Waals surface area contributed by atoms with Crippen molar-refractivity contribution in [1.29, 1.82) is 0 Å². The highest BCUT2D eigenvalue weighted by Crippen LogP contribution is 2.55. The fourth-order valence-corrected chi connectivity index (χ4v) is 14.1. The molecular formula is C54H62FN11O7S. The van der Waals surface area contributed by atoms with Gasteiger partial charge in [-0.1, -0.05) is 38.1 Å². The van der Waals surface area contributed by atoms with Crippen LogP contribution in [0.5, 0.6) is 5.88 Å². The van der Waals surface area contributed by atoms with Crippen LogP contribution in [0.4, 0.5) is 32.8 Å². The first-order valence-electron chi connectivity index (χ1n) is 26.2. The minimum absolute atomic E-state index is 0.0204. The molecule has 6 aliphatic rings. The first kappa shape index (κ1) is 48.3. The van der Waals surface area contributed by atoms with Gasteiger partial charge in [0.1, 0.15) is 45.5 Å². The van der Waals surface area contributed by atoms with Crippen LogP contribution in [0.2, 0.25) is 0 Å². The Morgan fingerprint density at radius 2 is 1.74 bits per heavy atom. The summed E-state index contributed by atoms with van der Waals surface area (Å²) >= 11 is 0. The Morgan fingerprint density at radius 3 is 2.50 bits per heavy atom. The number of ether oxygens (including phenoxy) is 1. The number of alkyl halides is 1. The number of carbonyl (C=O) groups excluding carboxylic acids is 2. The average molecular weight is 1030 g/mol. The maximum Gasteiger partial charge on any atom is 0.296 e. The predicted octanol–water partition coefficient (Wildman–Crippen LogP) is 8.65. The predicted molar refractivity (Wildman–Crippen MR) is 280 cm³/mol. The molecule has 2 saturated carbocycles. The SMILES string of the molecule is CC(C)c1ccccc1[C@@H]1CCCN1C1CC2(CCN(c3ccc(C(=O)NS(=O)(=O)c4cc([N+](=O)[O-])c(NCC5(F)CCN(C6CC(=O)C6)CC5)c5[nH]cnc45)c(N4CCOc5nc6[nH]ccc6cc54)c3)CC2)C1. The normalized spacial score (nSPS) is 21.5. The van der Waals surface area contributed by atoms with Gasteiger partial charge in [-0.15, -0.1) is 0 Å². The van der Waals surface area contributed by atoms with Gasteiger partial charge in [0.15, 0.2) is 0 Å². The number of aromatic amines is 2. The summed E-state index contributed by atoms with van der Waals surface area (Å²) in [6.45, 7) is 8.55. The molecule has 6 aromatic rings. The maximum atomic E-state index is 16.2. The monoisotopic (exact) mass is 1030 g/mol. The van der Waals surface area contributed by atoms with E-state index in [1.54, 1.807) is 12.3 Å². The van der Waals surface area contributed by atoms with Crippen molar-refractivity contribution in [3.05, 3.63) is 100.0 Å². The van der Waals surface area contributed by atoms with Crippen LogP contribution in [0.1, 0.15) is 112 Å². The fraction of sp³-hybridized carbons (Fsp3) is 0.481. The van der Waals surface area contributed by atoms with Gasteiger partial charge in [0.2, 0.25) is 5.88 Å². The van der Waals surface area contributed by atoms with Gasteiger partial charge < -0.3 is 29.8 Å². The van der Waals surface area contributed by atoms with E-state index in [1.807, 2.05) is 29.2 Å². The first-order chi connectivity index (χ1) is 35.6. The Labute approximate surface area is 428 Å². The Balaban J connectivity index is 0.794. The summed E-state index contributed by atoms with van der Waals surface area (Å²) in [5.41, 5.74) is 3.22. The van der Waals surface area contributed by atoms with Crippen molar-refractivity contribution in [1.82, 2.24) is 34.5 Å². The molecule has 18 nitrogen and oxygen atoms in total. The highest BCUT2D eigenvalue weighted by atomic mass is 32.2. The molecule has 74 heavy (non-hydrogen) atoms. The van der Waals surface area contributed by atoms with Crippen LogP contribution < -0.4 is 24.6 Å². The van der Waals surface area contributed by atoms with E-state index in [0.29, 0.717) is 73.4 Å². The molecule has 7 heterocycles. The number of nitro benzene ring substituents is 1. The number of amides is 1. The average Bonchev–Trinajstić information content (AvgIpc) is 4.18. The van der Waals surface area contributed by atoms with Crippen LogP contribution >= 0.6 is 0 Å². The topological polar surface area (TPSA) is 215 Å². The summed E-state index contributed by atoms with van der Waals surface area (Å²) in [6, 6.07) is 20.2. The number of ketones is 1. The minimum Gasteiger partial charge on any atom is -0.474 e. The van der Waals surface area contributed by atoms with Crippen molar-refractivity contribution in [3.63, 3.8) is 0 Å². The van der Waals surface area contributed by atoms with E-state index in [1.165, 1.54) is 43.1 Å². The summed E-state index contributed by atoms with van der Waals surface area (Å²) in [5, 5.41) is 16.4. The number of fused-ring (bicyclic) bond motifs is 3. The molecule has 0 bridgehead atoms. The van der Waals surface area contributed by atoms with Crippen LogP contribution in [-0.2, 0) is 14.8 Å². The van der Waals surface area contributed by atoms with Gasteiger partial charge in [-0.25, -0.2) is 22.5 Å². The highest BCUT2D eigenvalue weighted by molar-refractivity contribution is 7.90.